The molecule has 1 aliphatic carbocycles. The SMILES string of the molecule is CCOC=O.COc1nc(-c2cccc(-c3cccc(Nc4nccc5c4c(=O)n(C)c(=O)n5C)c3C)c2Cl)ccc1CN1CC2C(C)C2C1. The first-order valence-corrected chi connectivity index (χ1v) is 17.0. The second-order valence-electron chi connectivity index (χ2n) is 12.8. The Labute approximate surface area is 295 Å². The number of hydrogen-bond donors (Lipinski definition) is 1. The molecule has 3 aromatic heterocycles. The van der Waals surface area contributed by atoms with Crippen molar-refractivity contribution in [2.45, 2.75) is 27.3 Å². The number of carbonyl (C=O) groups excluding carboxylic acids is 1. The van der Waals surface area contributed by atoms with Crippen LogP contribution in [0.15, 0.2) is 70.4 Å². The molecule has 50 heavy (non-hydrogen) atoms. The molecule has 1 saturated heterocycles. The number of halogens is 1. The molecule has 5 aromatic rings. The summed E-state index contributed by atoms with van der Waals surface area (Å²) in [4.78, 5) is 46.6. The van der Waals surface area contributed by atoms with Gasteiger partial charge in [0.1, 0.15) is 11.2 Å². The van der Waals surface area contributed by atoms with Crippen LogP contribution in [0.3, 0.4) is 0 Å². The molecule has 0 radical (unpaired) electrons. The molecular weight excluding hydrogens is 656 g/mol. The molecule has 2 aliphatic rings. The molecule has 0 spiro atoms. The molecule has 1 aliphatic heterocycles. The fourth-order valence-corrected chi connectivity index (χ4v) is 7.34. The average molecular weight is 697 g/mol. The molecule has 12 heteroatoms. The van der Waals surface area contributed by atoms with Gasteiger partial charge >= 0.3 is 5.69 Å². The first-order chi connectivity index (χ1) is 24.1. The molecule has 2 unspecified atom stereocenters. The molecule has 0 bridgehead atoms. The molecule has 0 amide bonds. The molecule has 2 fully saturated rings. The van der Waals surface area contributed by atoms with Gasteiger partial charge in [0.2, 0.25) is 5.88 Å². The second-order valence-corrected chi connectivity index (χ2v) is 13.2. The summed E-state index contributed by atoms with van der Waals surface area (Å²) in [6.07, 6.45) is 1.59. The number of likely N-dealkylation sites (tertiary alicyclic amines) is 1. The lowest BCUT2D eigenvalue weighted by molar-refractivity contribution is -0.128. The standard InChI is InChI=1S/C35H35ClN6O3.C3H6O2/c1-19-25-17-42(18-26(19)25)16-21-12-13-28(39-33(21)45-5)24-10-6-9-23(31(24)36)22-8-7-11-27(20(22)2)38-32-30-29(14-15-37-32)40(3)35(44)41(4)34(30)43;1-2-5-3-4/h6-15,19,25-26H,16-18H2,1-5H3,(H,37,38);3H,2H2,1H3. The van der Waals surface area contributed by atoms with Gasteiger partial charge in [-0.2, -0.15) is 0 Å². The van der Waals surface area contributed by atoms with Crippen molar-refractivity contribution in [3.63, 3.8) is 0 Å². The van der Waals surface area contributed by atoms with Crippen molar-refractivity contribution in [1.29, 1.82) is 0 Å². The second kappa shape index (κ2) is 14.5. The van der Waals surface area contributed by atoms with Gasteiger partial charge in [-0.05, 0) is 60.9 Å². The predicted molar refractivity (Wildman–Crippen MR) is 196 cm³/mol. The average Bonchev–Trinajstić information content (AvgIpc) is 3.49. The zero-order valence-electron chi connectivity index (χ0n) is 29.1. The maximum absolute atomic E-state index is 13.1. The van der Waals surface area contributed by atoms with Crippen molar-refractivity contribution in [2.75, 3.05) is 32.1 Å². The van der Waals surface area contributed by atoms with E-state index in [9.17, 15) is 14.4 Å². The van der Waals surface area contributed by atoms with E-state index in [0.717, 1.165) is 81.2 Å². The summed E-state index contributed by atoms with van der Waals surface area (Å²) in [6, 6.07) is 17.6. The summed E-state index contributed by atoms with van der Waals surface area (Å²) < 4.78 is 12.4. The summed E-state index contributed by atoms with van der Waals surface area (Å²) in [5, 5.41) is 4.27. The highest BCUT2D eigenvalue weighted by molar-refractivity contribution is 6.36. The highest BCUT2D eigenvalue weighted by atomic mass is 35.5. The lowest BCUT2D eigenvalue weighted by Crippen LogP contribution is -2.37. The Balaban J connectivity index is 0.000000808. The van der Waals surface area contributed by atoms with Gasteiger partial charge in [0.15, 0.2) is 0 Å². The Morgan fingerprint density at radius 1 is 0.980 bits per heavy atom. The number of piperidine rings is 1. The fourth-order valence-electron chi connectivity index (χ4n) is 7.01. The number of hydrogen-bond acceptors (Lipinski definition) is 9. The minimum atomic E-state index is -0.408. The quantitative estimate of drug-likeness (QED) is 0.186. The van der Waals surface area contributed by atoms with E-state index in [2.05, 4.69) is 32.9 Å². The molecule has 2 atom stereocenters. The molecule has 11 nitrogen and oxygen atoms in total. The summed E-state index contributed by atoms with van der Waals surface area (Å²) in [7, 11) is 4.78. The van der Waals surface area contributed by atoms with Crippen LogP contribution in [0.1, 0.15) is 25.0 Å². The van der Waals surface area contributed by atoms with Gasteiger partial charge < -0.3 is 14.8 Å². The molecule has 2 aromatic carbocycles. The first-order valence-electron chi connectivity index (χ1n) is 16.6. The van der Waals surface area contributed by atoms with Crippen LogP contribution in [-0.2, 0) is 30.2 Å². The van der Waals surface area contributed by atoms with Crippen molar-refractivity contribution in [1.82, 2.24) is 24.0 Å². The van der Waals surface area contributed by atoms with Crippen molar-refractivity contribution >= 4 is 40.5 Å². The van der Waals surface area contributed by atoms with E-state index < -0.39 is 11.2 Å². The van der Waals surface area contributed by atoms with Crippen LogP contribution < -0.4 is 21.3 Å². The molecular formula is C38H41ClN6O5. The van der Waals surface area contributed by atoms with E-state index in [4.69, 9.17) is 21.3 Å². The highest BCUT2D eigenvalue weighted by Crippen LogP contribution is 2.51. The number of benzene rings is 2. The van der Waals surface area contributed by atoms with Crippen molar-refractivity contribution in [3.8, 4) is 28.3 Å². The summed E-state index contributed by atoms with van der Waals surface area (Å²) in [5.41, 5.74) is 5.82. The summed E-state index contributed by atoms with van der Waals surface area (Å²) in [5.74, 6) is 3.54. The van der Waals surface area contributed by atoms with E-state index in [1.807, 2.05) is 49.4 Å². The number of pyridine rings is 2. The number of fused-ring (bicyclic) bond motifs is 2. The Morgan fingerprint density at radius 3 is 2.36 bits per heavy atom. The number of anilines is 2. The predicted octanol–water partition coefficient (Wildman–Crippen LogP) is 5.95. The first kappa shape index (κ1) is 34.8. The van der Waals surface area contributed by atoms with Crippen molar-refractivity contribution < 1.29 is 14.3 Å². The number of aryl methyl sites for hydroxylation is 1. The Hall–Kier alpha value is -5.00. The van der Waals surface area contributed by atoms with Crippen molar-refractivity contribution in [2.24, 2.45) is 31.8 Å². The van der Waals surface area contributed by atoms with E-state index in [-0.39, 0.29) is 0 Å². The zero-order valence-corrected chi connectivity index (χ0v) is 29.8. The number of carbonyl (C=O) groups is 1. The Bertz CT molecular complexity index is 2190. The van der Waals surface area contributed by atoms with Gasteiger partial charge in [0.25, 0.3) is 12.0 Å². The smallest absolute Gasteiger partial charge is 0.330 e. The maximum Gasteiger partial charge on any atom is 0.330 e. The number of aromatic nitrogens is 4. The normalized spacial score (nSPS) is 17.9. The minimum Gasteiger partial charge on any atom is -0.481 e. The van der Waals surface area contributed by atoms with Crippen LogP contribution in [0.2, 0.25) is 5.02 Å². The van der Waals surface area contributed by atoms with E-state index in [1.54, 1.807) is 33.3 Å². The van der Waals surface area contributed by atoms with Crippen molar-refractivity contribution in [3.05, 3.63) is 97.8 Å². The fraction of sp³-hybridized carbons (Fsp3) is 0.342. The summed E-state index contributed by atoms with van der Waals surface area (Å²) >= 11 is 7.12. The zero-order chi connectivity index (χ0) is 35.7. The molecule has 1 N–H and O–H groups in total. The van der Waals surface area contributed by atoms with E-state index in [0.29, 0.717) is 40.7 Å². The Morgan fingerprint density at radius 2 is 1.68 bits per heavy atom. The molecule has 4 heterocycles. The largest absolute Gasteiger partial charge is 0.481 e. The molecule has 260 valence electrons. The van der Waals surface area contributed by atoms with Crippen LogP contribution in [0.25, 0.3) is 33.3 Å². The van der Waals surface area contributed by atoms with Gasteiger partial charge in [-0.15, -0.1) is 0 Å². The van der Waals surface area contributed by atoms with Gasteiger partial charge in [-0.1, -0.05) is 54.9 Å². The van der Waals surface area contributed by atoms with Gasteiger partial charge in [-0.3, -0.25) is 23.6 Å². The third-order valence-electron chi connectivity index (χ3n) is 9.99. The monoisotopic (exact) mass is 696 g/mol. The lowest BCUT2D eigenvalue weighted by Gasteiger charge is -2.20. The third-order valence-corrected chi connectivity index (χ3v) is 10.4. The van der Waals surface area contributed by atoms with Gasteiger partial charge in [0.05, 0.1) is 29.9 Å². The number of nitrogens with zero attached hydrogens (tertiary/aromatic N) is 5. The van der Waals surface area contributed by atoms with Crippen LogP contribution in [0.5, 0.6) is 5.88 Å². The highest BCUT2D eigenvalue weighted by Gasteiger charge is 2.52. The van der Waals surface area contributed by atoms with Crippen LogP contribution in [-0.4, -0.2) is 57.3 Å². The molecule has 1 saturated carbocycles. The van der Waals surface area contributed by atoms with Gasteiger partial charge in [-0.25, -0.2) is 14.8 Å². The Kier molecular flexibility index (Phi) is 10.1. The maximum atomic E-state index is 13.1. The number of ether oxygens (including phenoxy) is 2. The van der Waals surface area contributed by atoms with Crippen LogP contribution >= 0.6 is 11.6 Å². The van der Waals surface area contributed by atoms with E-state index >= 15 is 0 Å². The molecule has 7 rings (SSSR count). The number of nitrogens with one attached hydrogen (secondary N) is 1. The lowest BCUT2D eigenvalue weighted by atomic mass is 9.96. The van der Waals surface area contributed by atoms with Crippen LogP contribution in [0, 0.1) is 24.7 Å². The van der Waals surface area contributed by atoms with Crippen LogP contribution in [0.4, 0.5) is 11.5 Å². The number of methoxy groups -OCH3 is 1. The topological polar surface area (TPSA) is 121 Å². The minimum absolute atomic E-state index is 0.339. The number of rotatable bonds is 9. The van der Waals surface area contributed by atoms with Gasteiger partial charge in [0, 0.05) is 62.3 Å². The summed E-state index contributed by atoms with van der Waals surface area (Å²) in [6.45, 7) is 10.1. The third kappa shape index (κ3) is 6.50. The van der Waals surface area contributed by atoms with E-state index in [1.165, 1.54) is 11.6 Å².